The highest BCUT2D eigenvalue weighted by atomic mass is 16.5. The van der Waals surface area contributed by atoms with Gasteiger partial charge in [0.05, 0.1) is 24.1 Å². The predicted octanol–water partition coefficient (Wildman–Crippen LogP) is 0.478. The molecule has 2 aliphatic rings. The monoisotopic (exact) mass is 297 g/mol. The van der Waals surface area contributed by atoms with Crippen LogP contribution in [0.2, 0.25) is 0 Å². The fourth-order valence-corrected chi connectivity index (χ4v) is 2.19. The molecule has 1 aromatic carbocycles. The minimum atomic E-state index is -1.11. The Morgan fingerprint density at radius 2 is 2.27 bits per heavy atom. The molecule has 2 aliphatic heterocycles. The number of esters is 1. The zero-order valence-corrected chi connectivity index (χ0v) is 11.6. The van der Waals surface area contributed by atoms with Gasteiger partial charge in [-0.25, -0.2) is 9.79 Å². The van der Waals surface area contributed by atoms with E-state index in [2.05, 4.69) is 15.5 Å². The third kappa shape index (κ3) is 2.00. The molecule has 0 saturated heterocycles. The highest BCUT2D eigenvalue weighted by Gasteiger charge is 2.41. The summed E-state index contributed by atoms with van der Waals surface area (Å²) >= 11 is 0. The lowest BCUT2D eigenvalue weighted by molar-refractivity contribution is -0.134. The van der Waals surface area contributed by atoms with Gasteiger partial charge in [0.25, 0.3) is 5.91 Å². The zero-order chi connectivity index (χ0) is 15.7. The van der Waals surface area contributed by atoms with Gasteiger partial charge < -0.3 is 4.74 Å². The number of carbonyl (C=O) groups is 2. The lowest BCUT2D eigenvalue weighted by Gasteiger charge is -2.33. The summed E-state index contributed by atoms with van der Waals surface area (Å²) in [6.45, 7) is 1.85. The van der Waals surface area contributed by atoms with Gasteiger partial charge in [-0.15, -0.1) is 0 Å². The van der Waals surface area contributed by atoms with Gasteiger partial charge in [-0.1, -0.05) is 12.1 Å². The van der Waals surface area contributed by atoms with Gasteiger partial charge >= 0.3 is 5.97 Å². The minimum Gasteiger partial charge on any atom is -0.461 e. The summed E-state index contributed by atoms with van der Waals surface area (Å²) in [6.07, 6.45) is 0. The number of hydrogen-bond acceptors (Lipinski definition) is 7. The number of benzene rings is 1. The van der Waals surface area contributed by atoms with Crippen LogP contribution in [0, 0.1) is 11.3 Å². The van der Waals surface area contributed by atoms with E-state index in [0.717, 1.165) is 0 Å². The van der Waals surface area contributed by atoms with Crippen molar-refractivity contribution in [2.75, 3.05) is 11.5 Å². The number of hydrazone groups is 1. The average Bonchev–Trinajstić information content (AvgIpc) is 2.54. The van der Waals surface area contributed by atoms with Gasteiger partial charge in [0, 0.05) is 0 Å². The Kier molecular flexibility index (Phi) is 3.31. The van der Waals surface area contributed by atoms with Gasteiger partial charge in [-0.05, 0) is 19.1 Å². The van der Waals surface area contributed by atoms with E-state index in [4.69, 9.17) is 10.00 Å². The van der Waals surface area contributed by atoms with Gasteiger partial charge in [-0.3, -0.25) is 15.1 Å². The Morgan fingerprint density at radius 3 is 3.00 bits per heavy atom. The van der Waals surface area contributed by atoms with Gasteiger partial charge in [-0.2, -0.15) is 10.4 Å². The third-order valence-electron chi connectivity index (χ3n) is 3.14. The van der Waals surface area contributed by atoms with Crippen LogP contribution >= 0.6 is 0 Å². The summed E-state index contributed by atoms with van der Waals surface area (Å²) < 4.78 is 4.95. The molecule has 0 bridgehead atoms. The lowest BCUT2D eigenvalue weighted by Crippen LogP contribution is -2.57. The minimum absolute atomic E-state index is 0.0358. The van der Waals surface area contributed by atoms with E-state index in [9.17, 15) is 9.59 Å². The number of amidine groups is 1. The molecule has 0 aliphatic carbocycles. The summed E-state index contributed by atoms with van der Waals surface area (Å²) in [6, 6.07) is 7.52. The quantitative estimate of drug-likeness (QED) is 0.799. The van der Waals surface area contributed by atoms with E-state index in [1.165, 1.54) is 4.90 Å². The van der Waals surface area contributed by atoms with Crippen LogP contribution in [0.25, 0.3) is 0 Å². The van der Waals surface area contributed by atoms with Crippen LogP contribution in [-0.2, 0) is 14.3 Å². The Bertz CT molecular complexity index is 762. The summed E-state index contributed by atoms with van der Waals surface area (Å²) in [4.78, 5) is 29.9. The SMILES string of the molecule is CCOC(=O)C1=Nc2ccccc2N2C(=O)C(C#N)NN=C12. The smallest absolute Gasteiger partial charge is 0.360 e. The van der Waals surface area contributed by atoms with Crippen LogP contribution < -0.4 is 10.3 Å². The topological polar surface area (TPSA) is 107 Å². The van der Waals surface area contributed by atoms with Crippen molar-refractivity contribution in [3.63, 3.8) is 0 Å². The van der Waals surface area contributed by atoms with Crippen molar-refractivity contribution in [1.82, 2.24) is 5.43 Å². The van der Waals surface area contributed by atoms with Gasteiger partial charge in [0.1, 0.15) is 0 Å². The summed E-state index contributed by atoms with van der Waals surface area (Å²) in [7, 11) is 0. The number of carbonyl (C=O) groups excluding carboxylic acids is 2. The van der Waals surface area contributed by atoms with Crippen LogP contribution in [0.1, 0.15) is 6.92 Å². The molecule has 1 amide bonds. The number of nitrogens with zero attached hydrogens (tertiary/aromatic N) is 4. The molecule has 8 nitrogen and oxygen atoms in total. The van der Waals surface area contributed by atoms with Crippen LogP contribution in [0.3, 0.4) is 0 Å². The second-order valence-electron chi connectivity index (χ2n) is 4.47. The number of para-hydroxylation sites is 2. The standard InChI is InChI=1S/C14H11N5O3/c1-2-22-14(21)11-12-18-17-9(7-15)13(20)19(12)10-6-4-3-5-8(10)16-11/h3-6,9,17H,2H2,1H3. The molecule has 22 heavy (non-hydrogen) atoms. The first-order valence-corrected chi connectivity index (χ1v) is 6.59. The zero-order valence-electron chi connectivity index (χ0n) is 11.6. The molecule has 0 aromatic heterocycles. The van der Waals surface area contributed by atoms with Crippen molar-refractivity contribution in [3.8, 4) is 6.07 Å². The molecule has 1 aromatic rings. The Balaban J connectivity index is 2.17. The number of ether oxygens (including phenoxy) is 1. The van der Waals surface area contributed by atoms with E-state index in [-0.39, 0.29) is 18.2 Å². The van der Waals surface area contributed by atoms with Crippen molar-refractivity contribution in [2.45, 2.75) is 13.0 Å². The lowest BCUT2D eigenvalue weighted by atomic mass is 10.1. The Morgan fingerprint density at radius 1 is 1.50 bits per heavy atom. The predicted molar refractivity (Wildman–Crippen MR) is 77.6 cm³/mol. The number of hydrogen-bond donors (Lipinski definition) is 1. The first-order chi connectivity index (χ1) is 10.7. The summed E-state index contributed by atoms with van der Waals surface area (Å²) in [5, 5.41) is 13.0. The molecular weight excluding hydrogens is 286 g/mol. The molecule has 2 heterocycles. The van der Waals surface area contributed by atoms with Crippen molar-refractivity contribution < 1.29 is 14.3 Å². The highest BCUT2D eigenvalue weighted by molar-refractivity contribution is 6.70. The molecule has 1 N–H and O–H groups in total. The molecule has 1 atom stereocenters. The number of anilines is 1. The first-order valence-electron chi connectivity index (χ1n) is 6.59. The van der Waals surface area contributed by atoms with Crippen LogP contribution in [0.5, 0.6) is 0 Å². The number of nitriles is 1. The van der Waals surface area contributed by atoms with E-state index < -0.39 is 17.9 Å². The molecule has 0 spiro atoms. The average molecular weight is 297 g/mol. The molecule has 3 rings (SSSR count). The summed E-state index contributed by atoms with van der Waals surface area (Å²) in [5.41, 5.74) is 3.27. The van der Waals surface area contributed by atoms with E-state index in [1.807, 2.05) is 6.07 Å². The largest absolute Gasteiger partial charge is 0.461 e. The fourth-order valence-electron chi connectivity index (χ4n) is 2.19. The third-order valence-corrected chi connectivity index (χ3v) is 3.14. The van der Waals surface area contributed by atoms with Crippen molar-refractivity contribution >= 4 is 34.8 Å². The Labute approximate surface area is 125 Å². The van der Waals surface area contributed by atoms with Gasteiger partial charge in [0.15, 0.2) is 11.5 Å². The highest BCUT2D eigenvalue weighted by Crippen LogP contribution is 2.34. The molecule has 0 radical (unpaired) electrons. The van der Waals surface area contributed by atoms with Crippen molar-refractivity contribution in [3.05, 3.63) is 24.3 Å². The first kappa shape index (κ1) is 13.8. The molecule has 8 heteroatoms. The van der Waals surface area contributed by atoms with Crippen LogP contribution in [0.15, 0.2) is 34.4 Å². The maximum atomic E-state index is 12.4. The fraction of sp³-hybridized carbons (Fsp3) is 0.214. The van der Waals surface area contributed by atoms with E-state index in [0.29, 0.717) is 11.4 Å². The number of fused-ring (bicyclic) bond motifs is 3. The van der Waals surface area contributed by atoms with E-state index >= 15 is 0 Å². The maximum absolute atomic E-state index is 12.4. The molecule has 1 unspecified atom stereocenters. The molecule has 110 valence electrons. The van der Waals surface area contributed by atoms with Crippen molar-refractivity contribution in [2.24, 2.45) is 10.1 Å². The Hall–Kier alpha value is -3.21. The molecular formula is C14H11N5O3. The second-order valence-corrected chi connectivity index (χ2v) is 4.47. The number of nitrogens with one attached hydrogen (secondary N) is 1. The van der Waals surface area contributed by atoms with Gasteiger partial charge in [0.2, 0.25) is 6.04 Å². The van der Waals surface area contributed by atoms with Crippen LogP contribution in [-0.4, -0.2) is 36.1 Å². The molecule has 0 saturated carbocycles. The normalized spacial score (nSPS) is 19.0. The maximum Gasteiger partial charge on any atom is 0.360 e. The van der Waals surface area contributed by atoms with E-state index in [1.54, 1.807) is 31.2 Å². The second kappa shape index (κ2) is 5.29. The van der Waals surface area contributed by atoms with Crippen LogP contribution in [0.4, 0.5) is 11.4 Å². The number of amides is 1. The molecule has 0 fully saturated rings. The number of aliphatic imine (C=N–C) groups is 1. The number of rotatable bonds is 2. The van der Waals surface area contributed by atoms with Crippen molar-refractivity contribution in [1.29, 1.82) is 5.26 Å². The summed E-state index contributed by atoms with van der Waals surface area (Å²) in [5.74, 6) is -1.16.